The molecule has 1 aromatic carbocycles. The summed E-state index contributed by atoms with van der Waals surface area (Å²) in [7, 11) is 0. The van der Waals surface area contributed by atoms with Crippen LogP contribution in [0.15, 0.2) is 24.3 Å². The van der Waals surface area contributed by atoms with Gasteiger partial charge in [0.25, 0.3) is 0 Å². The Morgan fingerprint density at radius 1 is 1.50 bits per heavy atom. The third-order valence-electron chi connectivity index (χ3n) is 2.69. The quantitative estimate of drug-likeness (QED) is 0.566. The van der Waals surface area contributed by atoms with Crippen molar-refractivity contribution < 1.29 is 4.39 Å². The molecule has 0 spiro atoms. The van der Waals surface area contributed by atoms with Crippen molar-refractivity contribution in [1.29, 1.82) is 5.41 Å². The standard InChI is InChI=1S/C11H13FN2/c12-10-4-1-3-9(7-10)11-5-2-6-14(11)8-13/h1,3-4,7-8,11,13H,2,5-6H2. The van der Waals surface area contributed by atoms with E-state index in [1.807, 2.05) is 11.0 Å². The van der Waals surface area contributed by atoms with Crippen LogP contribution in [0, 0.1) is 11.2 Å². The Labute approximate surface area is 82.9 Å². The first-order valence-electron chi connectivity index (χ1n) is 4.83. The van der Waals surface area contributed by atoms with Crippen molar-refractivity contribution in [3.05, 3.63) is 35.6 Å². The SMILES string of the molecule is N=CN1CCCC1c1cccc(F)c1. The molecule has 0 radical (unpaired) electrons. The number of nitrogens with zero attached hydrogens (tertiary/aromatic N) is 1. The van der Waals surface area contributed by atoms with Crippen molar-refractivity contribution in [1.82, 2.24) is 4.90 Å². The Hall–Kier alpha value is -1.38. The zero-order valence-electron chi connectivity index (χ0n) is 7.91. The van der Waals surface area contributed by atoms with Gasteiger partial charge in [0.15, 0.2) is 0 Å². The van der Waals surface area contributed by atoms with Crippen molar-refractivity contribution in [3.63, 3.8) is 0 Å². The fraction of sp³-hybridized carbons (Fsp3) is 0.364. The topological polar surface area (TPSA) is 27.1 Å². The van der Waals surface area contributed by atoms with Gasteiger partial charge in [-0.1, -0.05) is 12.1 Å². The molecule has 0 saturated carbocycles. The number of benzene rings is 1. The smallest absolute Gasteiger partial charge is 0.123 e. The van der Waals surface area contributed by atoms with E-state index in [1.54, 1.807) is 12.1 Å². The number of likely N-dealkylation sites (tertiary alicyclic amines) is 1. The van der Waals surface area contributed by atoms with Gasteiger partial charge in [-0.3, -0.25) is 5.41 Å². The van der Waals surface area contributed by atoms with Crippen LogP contribution in [-0.4, -0.2) is 17.8 Å². The monoisotopic (exact) mass is 192 g/mol. The molecule has 14 heavy (non-hydrogen) atoms. The molecule has 1 atom stereocenters. The lowest BCUT2D eigenvalue weighted by Gasteiger charge is -2.21. The molecule has 1 N–H and O–H groups in total. The Bertz CT molecular complexity index is 338. The minimum Gasteiger partial charge on any atom is -0.356 e. The summed E-state index contributed by atoms with van der Waals surface area (Å²) in [6.07, 6.45) is 3.44. The van der Waals surface area contributed by atoms with Gasteiger partial charge in [0, 0.05) is 6.54 Å². The molecule has 2 nitrogen and oxygen atoms in total. The van der Waals surface area contributed by atoms with E-state index < -0.39 is 0 Å². The molecule has 1 fully saturated rings. The van der Waals surface area contributed by atoms with Gasteiger partial charge in [-0.05, 0) is 30.5 Å². The summed E-state index contributed by atoms with van der Waals surface area (Å²) in [5, 5.41) is 7.24. The normalized spacial score (nSPS) is 21.2. The highest BCUT2D eigenvalue weighted by Crippen LogP contribution is 2.30. The molecular weight excluding hydrogens is 179 g/mol. The summed E-state index contributed by atoms with van der Waals surface area (Å²) in [6, 6.07) is 6.86. The van der Waals surface area contributed by atoms with Gasteiger partial charge < -0.3 is 4.90 Å². The van der Waals surface area contributed by atoms with Gasteiger partial charge >= 0.3 is 0 Å². The lowest BCUT2D eigenvalue weighted by molar-refractivity contribution is 0.408. The van der Waals surface area contributed by atoms with Crippen LogP contribution in [0.5, 0.6) is 0 Å². The summed E-state index contributed by atoms with van der Waals surface area (Å²) in [5.74, 6) is -0.195. The van der Waals surface area contributed by atoms with Crippen LogP contribution in [0.2, 0.25) is 0 Å². The molecule has 1 heterocycles. The van der Waals surface area contributed by atoms with E-state index in [2.05, 4.69) is 0 Å². The number of hydrogen-bond acceptors (Lipinski definition) is 1. The second-order valence-electron chi connectivity index (χ2n) is 3.58. The van der Waals surface area contributed by atoms with Gasteiger partial charge in [-0.15, -0.1) is 0 Å². The van der Waals surface area contributed by atoms with Crippen molar-refractivity contribution in [2.75, 3.05) is 6.54 Å². The van der Waals surface area contributed by atoms with Crippen LogP contribution in [-0.2, 0) is 0 Å². The minimum atomic E-state index is -0.195. The Kier molecular flexibility index (Phi) is 2.48. The van der Waals surface area contributed by atoms with E-state index in [0.29, 0.717) is 0 Å². The first kappa shape index (κ1) is 9.19. The van der Waals surface area contributed by atoms with Gasteiger partial charge in [0.1, 0.15) is 5.82 Å². The first-order chi connectivity index (χ1) is 6.81. The zero-order chi connectivity index (χ0) is 9.97. The lowest BCUT2D eigenvalue weighted by atomic mass is 10.0. The number of rotatable bonds is 2. The van der Waals surface area contributed by atoms with Gasteiger partial charge in [-0.25, -0.2) is 4.39 Å². The molecule has 3 heteroatoms. The van der Waals surface area contributed by atoms with Crippen LogP contribution in [0.25, 0.3) is 0 Å². The highest BCUT2D eigenvalue weighted by atomic mass is 19.1. The highest BCUT2D eigenvalue weighted by Gasteiger charge is 2.23. The molecule has 0 bridgehead atoms. The van der Waals surface area contributed by atoms with Crippen molar-refractivity contribution in [2.24, 2.45) is 0 Å². The predicted molar refractivity (Wildman–Crippen MR) is 53.9 cm³/mol. The molecule has 1 aromatic rings. The minimum absolute atomic E-state index is 0.195. The van der Waals surface area contributed by atoms with Crippen molar-refractivity contribution in [3.8, 4) is 0 Å². The Morgan fingerprint density at radius 3 is 3.07 bits per heavy atom. The molecule has 0 aromatic heterocycles. The molecule has 0 aliphatic carbocycles. The van der Waals surface area contributed by atoms with Crippen molar-refractivity contribution in [2.45, 2.75) is 18.9 Å². The van der Waals surface area contributed by atoms with E-state index in [0.717, 1.165) is 24.9 Å². The van der Waals surface area contributed by atoms with Crippen molar-refractivity contribution >= 4 is 6.34 Å². The van der Waals surface area contributed by atoms with Gasteiger partial charge in [0.05, 0.1) is 12.4 Å². The molecular formula is C11H13FN2. The first-order valence-corrected chi connectivity index (χ1v) is 4.83. The Balaban J connectivity index is 2.25. The third kappa shape index (κ3) is 1.62. The van der Waals surface area contributed by atoms with Crippen LogP contribution in [0.3, 0.4) is 0 Å². The average molecular weight is 192 g/mol. The van der Waals surface area contributed by atoms with Crippen LogP contribution in [0.4, 0.5) is 4.39 Å². The lowest BCUT2D eigenvalue weighted by Crippen LogP contribution is -2.20. The summed E-state index contributed by atoms with van der Waals surface area (Å²) in [6.45, 7) is 0.907. The van der Waals surface area contributed by atoms with E-state index in [4.69, 9.17) is 5.41 Å². The van der Waals surface area contributed by atoms with Gasteiger partial charge in [0.2, 0.25) is 0 Å². The molecule has 1 aliphatic rings. The van der Waals surface area contributed by atoms with E-state index in [9.17, 15) is 4.39 Å². The van der Waals surface area contributed by atoms with E-state index >= 15 is 0 Å². The Morgan fingerprint density at radius 2 is 2.36 bits per heavy atom. The largest absolute Gasteiger partial charge is 0.356 e. The molecule has 1 saturated heterocycles. The fourth-order valence-electron chi connectivity index (χ4n) is 2.02. The highest BCUT2D eigenvalue weighted by molar-refractivity contribution is 5.52. The summed E-state index contributed by atoms with van der Waals surface area (Å²) < 4.78 is 13.0. The summed E-state index contributed by atoms with van der Waals surface area (Å²) in [5.41, 5.74) is 0.978. The van der Waals surface area contributed by atoms with Crippen LogP contribution >= 0.6 is 0 Å². The number of halogens is 1. The maximum atomic E-state index is 13.0. The van der Waals surface area contributed by atoms with E-state index in [-0.39, 0.29) is 11.9 Å². The number of nitrogens with one attached hydrogen (secondary N) is 1. The van der Waals surface area contributed by atoms with Crippen LogP contribution < -0.4 is 0 Å². The maximum Gasteiger partial charge on any atom is 0.123 e. The molecule has 1 unspecified atom stereocenters. The second-order valence-corrected chi connectivity index (χ2v) is 3.58. The molecule has 1 aliphatic heterocycles. The molecule has 74 valence electrons. The molecule has 2 rings (SSSR count). The average Bonchev–Trinajstić information content (AvgIpc) is 2.65. The predicted octanol–water partition coefficient (Wildman–Crippen LogP) is 2.57. The fourth-order valence-corrected chi connectivity index (χ4v) is 2.02. The van der Waals surface area contributed by atoms with Gasteiger partial charge in [-0.2, -0.15) is 0 Å². The zero-order valence-corrected chi connectivity index (χ0v) is 7.91. The van der Waals surface area contributed by atoms with Crippen LogP contribution in [0.1, 0.15) is 24.4 Å². The third-order valence-corrected chi connectivity index (χ3v) is 2.69. The maximum absolute atomic E-state index is 13.0. The molecule has 0 amide bonds. The second kappa shape index (κ2) is 3.78. The summed E-state index contributed by atoms with van der Waals surface area (Å²) in [4.78, 5) is 1.95. The summed E-state index contributed by atoms with van der Waals surface area (Å²) >= 11 is 0. The van der Waals surface area contributed by atoms with E-state index in [1.165, 1.54) is 12.4 Å². The number of hydrogen-bond donors (Lipinski definition) is 1.